The first kappa shape index (κ1) is 17.0. The van der Waals surface area contributed by atoms with Crippen LogP contribution < -0.4 is 5.32 Å². The topological polar surface area (TPSA) is 55.4 Å². The van der Waals surface area contributed by atoms with E-state index in [4.69, 9.17) is 4.74 Å². The van der Waals surface area contributed by atoms with Crippen LogP contribution in [0.5, 0.6) is 0 Å². The predicted molar refractivity (Wildman–Crippen MR) is 79.2 cm³/mol. The van der Waals surface area contributed by atoms with E-state index in [9.17, 15) is 9.59 Å². The van der Waals surface area contributed by atoms with Crippen LogP contribution in [-0.2, 0) is 14.3 Å². The van der Waals surface area contributed by atoms with Gasteiger partial charge < -0.3 is 10.1 Å². The molecule has 0 spiro atoms. The van der Waals surface area contributed by atoms with Crippen LogP contribution in [0.3, 0.4) is 0 Å². The fraction of sp³-hybridized carbons (Fsp3) is 0.875. The number of hydrogen-bond acceptors (Lipinski definition) is 3. The van der Waals surface area contributed by atoms with Gasteiger partial charge >= 0.3 is 5.97 Å². The Morgan fingerprint density at radius 2 is 1.70 bits per heavy atom. The Kier molecular flexibility index (Phi) is 7.03. The number of rotatable bonds is 6. The summed E-state index contributed by atoms with van der Waals surface area (Å²) in [6.45, 7) is 7.79. The third-order valence-corrected chi connectivity index (χ3v) is 3.81. The summed E-state index contributed by atoms with van der Waals surface area (Å²) in [7, 11) is 0. The summed E-state index contributed by atoms with van der Waals surface area (Å²) in [6.07, 6.45) is 6.07. The molecule has 4 nitrogen and oxygen atoms in total. The van der Waals surface area contributed by atoms with Crippen molar-refractivity contribution in [1.29, 1.82) is 0 Å². The Morgan fingerprint density at radius 1 is 1.10 bits per heavy atom. The molecule has 0 aromatic carbocycles. The summed E-state index contributed by atoms with van der Waals surface area (Å²) in [6, 6.07) is -0.556. The van der Waals surface area contributed by atoms with Crippen LogP contribution in [0.4, 0.5) is 0 Å². The molecule has 1 rings (SSSR count). The maximum atomic E-state index is 12.1. The molecular formula is C16H29NO3. The highest BCUT2D eigenvalue weighted by molar-refractivity contribution is 5.85. The standard InChI is InChI=1S/C16H29NO3/c1-11(2)10-12(3)20-16(19)13(4)17-15(18)14-8-6-5-7-9-14/h11-14H,5-10H2,1-4H3,(H,17,18)/t12-,13-/m0/s1. The molecule has 1 aliphatic carbocycles. The van der Waals surface area contributed by atoms with Crippen molar-refractivity contribution in [2.24, 2.45) is 11.8 Å². The molecule has 20 heavy (non-hydrogen) atoms. The van der Waals surface area contributed by atoms with Gasteiger partial charge in [0.05, 0.1) is 6.10 Å². The Bertz CT molecular complexity index is 322. The second-order valence-corrected chi connectivity index (χ2v) is 6.44. The molecule has 1 amide bonds. The number of hydrogen-bond donors (Lipinski definition) is 1. The summed E-state index contributed by atoms with van der Waals surface area (Å²) in [5.74, 6) is 0.241. The smallest absolute Gasteiger partial charge is 0.328 e. The molecule has 0 aromatic heterocycles. The molecular weight excluding hydrogens is 254 g/mol. The van der Waals surface area contributed by atoms with Crippen molar-refractivity contribution in [2.75, 3.05) is 0 Å². The van der Waals surface area contributed by atoms with E-state index in [0.29, 0.717) is 5.92 Å². The van der Waals surface area contributed by atoms with Gasteiger partial charge in [-0.15, -0.1) is 0 Å². The van der Waals surface area contributed by atoms with Crippen molar-refractivity contribution >= 4 is 11.9 Å². The summed E-state index contributed by atoms with van der Waals surface area (Å²) >= 11 is 0. The minimum absolute atomic E-state index is 0.00524. The van der Waals surface area contributed by atoms with Gasteiger partial charge in [-0.2, -0.15) is 0 Å². The van der Waals surface area contributed by atoms with E-state index in [1.165, 1.54) is 6.42 Å². The van der Waals surface area contributed by atoms with Crippen LogP contribution in [0.25, 0.3) is 0 Å². The van der Waals surface area contributed by atoms with Crippen molar-refractivity contribution in [3.05, 3.63) is 0 Å². The molecule has 0 aromatic rings. The summed E-state index contributed by atoms with van der Waals surface area (Å²) in [4.78, 5) is 24.0. The molecule has 1 saturated carbocycles. The second-order valence-electron chi connectivity index (χ2n) is 6.44. The number of ether oxygens (including phenoxy) is 1. The Labute approximate surface area is 122 Å². The van der Waals surface area contributed by atoms with E-state index in [2.05, 4.69) is 19.2 Å². The quantitative estimate of drug-likeness (QED) is 0.762. The number of carbonyl (C=O) groups excluding carboxylic acids is 2. The van der Waals surface area contributed by atoms with Crippen LogP contribution in [0, 0.1) is 11.8 Å². The summed E-state index contributed by atoms with van der Waals surface area (Å²) in [5.41, 5.74) is 0. The highest BCUT2D eigenvalue weighted by Gasteiger charge is 2.25. The van der Waals surface area contributed by atoms with Gasteiger partial charge in [-0.3, -0.25) is 4.79 Å². The number of carbonyl (C=O) groups is 2. The zero-order valence-corrected chi connectivity index (χ0v) is 13.3. The average Bonchev–Trinajstić information content (AvgIpc) is 2.38. The van der Waals surface area contributed by atoms with Crippen molar-refractivity contribution in [1.82, 2.24) is 5.32 Å². The Balaban J connectivity index is 2.34. The normalized spacial score (nSPS) is 19.4. The molecule has 116 valence electrons. The molecule has 0 bridgehead atoms. The summed E-state index contributed by atoms with van der Waals surface area (Å²) < 4.78 is 5.36. The fourth-order valence-corrected chi connectivity index (χ4v) is 2.77. The van der Waals surface area contributed by atoms with Crippen LogP contribution in [-0.4, -0.2) is 24.0 Å². The van der Waals surface area contributed by atoms with E-state index in [1.54, 1.807) is 6.92 Å². The van der Waals surface area contributed by atoms with Crippen LogP contribution in [0.2, 0.25) is 0 Å². The lowest BCUT2D eigenvalue weighted by molar-refractivity contribution is -0.152. The number of esters is 1. The highest BCUT2D eigenvalue weighted by atomic mass is 16.5. The van der Waals surface area contributed by atoms with Crippen molar-refractivity contribution in [2.45, 2.75) is 78.4 Å². The largest absolute Gasteiger partial charge is 0.461 e. The zero-order chi connectivity index (χ0) is 15.1. The van der Waals surface area contributed by atoms with E-state index in [1.807, 2.05) is 6.92 Å². The Hall–Kier alpha value is -1.06. The van der Waals surface area contributed by atoms with E-state index < -0.39 is 6.04 Å². The molecule has 0 saturated heterocycles. The van der Waals surface area contributed by atoms with Gasteiger partial charge in [0.15, 0.2) is 0 Å². The van der Waals surface area contributed by atoms with Crippen molar-refractivity contribution in [3.8, 4) is 0 Å². The third-order valence-electron chi connectivity index (χ3n) is 3.81. The molecule has 0 heterocycles. The molecule has 1 aliphatic rings. The van der Waals surface area contributed by atoms with Crippen molar-refractivity contribution < 1.29 is 14.3 Å². The second kappa shape index (κ2) is 8.28. The van der Waals surface area contributed by atoms with E-state index in [0.717, 1.165) is 32.1 Å². The minimum atomic E-state index is -0.556. The lowest BCUT2D eigenvalue weighted by atomic mass is 9.88. The van der Waals surface area contributed by atoms with Crippen LogP contribution in [0.15, 0.2) is 0 Å². The van der Waals surface area contributed by atoms with E-state index in [-0.39, 0.29) is 23.9 Å². The summed E-state index contributed by atoms with van der Waals surface area (Å²) in [5, 5.41) is 2.79. The minimum Gasteiger partial charge on any atom is -0.461 e. The van der Waals surface area contributed by atoms with Gasteiger partial charge in [-0.05, 0) is 39.0 Å². The average molecular weight is 283 g/mol. The van der Waals surface area contributed by atoms with Crippen LogP contribution >= 0.6 is 0 Å². The van der Waals surface area contributed by atoms with E-state index >= 15 is 0 Å². The van der Waals surface area contributed by atoms with Gasteiger partial charge in [-0.25, -0.2) is 4.79 Å². The lowest BCUT2D eigenvalue weighted by Crippen LogP contribution is -2.43. The first-order valence-electron chi connectivity index (χ1n) is 7.91. The maximum absolute atomic E-state index is 12.1. The highest BCUT2D eigenvalue weighted by Crippen LogP contribution is 2.23. The maximum Gasteiger partial charge on any atom is 0.328 e. The van der Waals surface area contributed by atoms with Crippen molar-refractivity contribution in [3.63, 3.8) is 0 Å². The van der Waals surface area contributed by atoms with Crippen LogP contribution in [0.1, 0.15) is 66.2 Å². The monoisotopic (exact) mass is 283 g/mol. The molecule has 4 heteroatoms. The molecule has 0 unspecified atom stereocenters. The van der Waals surface area contributed by atoms with Gasteiger partial charge in [-0.1, -0.05) is 33.1 Å². The molecule has 0 radical (unpaired) electrons. The molecule has 2 atom stereocenters. The van der Waals surface area contributed by atoms with Gasteiger partial charge in [0, 0.05) is 5.92 Å². The first-order chi connectivity index (χ1) is 9.40. The number of amides is 1. The lowest BCUT2D eigenvalue weighted by Gasteiger charge is -2.23. The number of nitrogens with one attached hydrogen (secondary N) is 1. The third kappa shape index (κ3) is 5.93. The first-order valence-corrected chi connectivity index (χ1v) is 7.91. The SMILES string of the molecule is CC(C)C[C@H](C)OC(=O)[C@H](C)NC(=O)C1CCCCC1. The predicted octanol–water partition coefficient (Wildman–Crippen LogP) is 3.05. The Morgan fingerprint density at radius 3 is 2.25 bits per heavy atom. The van der Waals surface area contributed by atoms with Gasteiger partial charge in [0.25, 0.3) is 0 Å². The zero-order valence-electron chi connectivity index (χ0n) is 13.3. The van der Waals surface area contributed by atoms with Gasteiger partial charge in [0.2, 0.25) is 5.91 Å². The van der Waals surface area contributed by atoms with Gasteiger partial charge in [0.1, 0.15) is 6.04 Å². The fourth-order valence-electron chi connectivity index (χ4n) is 2.77. The molecule has 1 N–H and O–H groups in total. The molecule has 0 aliphatic heterocycles. The molecule has 1 fully saturated rings.